The third kappa shape index (κ3) is 4.61. The lowest BCUT2D eigenvalue weighted by Crippen LogP contribution is -2.23. The molecule has 3 aromatic carbocycles. The minimum atomic E-state index is -0.892. The Morgan fingerprint density at radius 3 is 2.71 bits per heavy atom. The number of aryl methyl sites for hydroxylation is 1. The minimum absolute atomic E-state index is 0.108. The molecule has 5 rings (SSSR count). The molecule has 0 atom stereocenters. The van der Waals surface area contributed by atoms with Crippen LogP contribution in [0.3, 0.4) is 0 Å². The first-order chi connectivity index (χ1) is 16.6. The third-order valence-electron chi connectivity index (χ3n) is 5.66. The molecule has 0 bridgehead atoms. The largest absolute Gasteiger partial charge is 0.487 e. The quantitative estimate of drug-likeness (QED) is 0.262. The fourth-order valence-electron chi connectivity index (χ4n) is 4.22. The van der Waals surface area contributed by atoms with Gasteiger partial charge in [0.1, 0.15) is 16.4 Å². The average molecular weight is 506 g/mol. The van der Waals surface area contributed by atoms with Crippen LogP contribution in [0, 0.1) is 6.92 Å². The minimum Gasteiger partial charge on any atom is -0.487 e. The highest BCUT2D eigenvalue weighted by atomic mass is 35.5. The molecular formula is C27H24ClN3O3S. The number of halogens is 1. The summed E-state index contributed by atoms with van der Waals surface area (Å²) in [5.41, 5.74) is 5.52. The Morgan fingerprint density at radius 2 is 1.97 bits per heavy atom. The summed E-state index contributed by atoms with van der Waals surface area (Å²) in [5.74, 6) is -0.283. The number of carboxylic acid groups (broad SMARTS) is 1. The van der Waals surface area contributed by atoms with E-state index in [0.717, 1.165) is 53.9 Å². The molecule has 0 saturated carbocycles. The van der Waals surface area contributed by atoms with E-state index in [4.69, 9.17) is 21.3 Å². The maximum Gasteiger partial charge on any atom is 0.307 e. The van der Waals surface area contributed by atoms with Crippen LogP contribution in [0.15, 0.2) is 48.7 Å². The summed E-state index contributed by atoms with van der Waals surface area (Å²) >= 11 is 7.88. The lowest BCUT2D eigenvalue weighted by molar-refractivity contribution is -0.136. The number of H-pyrrole nitrogens is 1. The number of carboxylic acids is 1. The number of aliphatic carboxylic acids is 1. The first-order valence-corrected chi connectivity index (χ1v) is 12.4. The van der Waals surface area contributed by atoms with E-state index in [1.54, 1.807) is 29.7 Å². The van der Waals surface area contributed by atoms with E-state index in [1.165, 1.54) is 0 Å². The predicted octanol–water partition coefficient (Wildman–Crippen LogP) is 7.27. The van der Waals surface area contributed by atoms with Crippen molar-refractivity contribution in [2.24, 2.45) is 0 Å². The van der Waals surface area contributed by atoms with E-state index in [2.05, 4.69) is 16.3 Å². The van der Waals surface area contributed by atoms with Crippen LogP contribution in [0.4, 0.5) is 0 Å². The van der Waals surface area contributed by atoms with Crippen LogP contribution in [0.1, 0.15) is 31.9 Å². The van der Waals surface area contributed by atoms with Gasteiger partial charge in [0.25, 0.3) is 0 Å². The Labute approximate surface area is 211 Å². The molecule has 0 saturated heterocycles. The van der Waals surface area contributed by atoms with Gasteiger partial charge in [-0.2, -0.15) is 5.10 Å². The fraction of sp³-hybridized carbons (Fsp3) is 0.222. The van der Waals surface area contributed by atoms with Crippen molar-refractivity contribution < 1.29 is 14.6 Å². The van der Waals surface area contributed by atoms with E-state index >= 15 is 0 Å². The van der Waals surface area contributed by atoms with Crippen molar-refractivity contribution in [3.05, 3.63) is 64.8 Å². The standard InChI is InChI=1S/C27H24ClN3O3S/c1-14-9-21-25(35-26(30-21)15-5-8-20-16(10-15)13-29-31-20)24(19(14)12-23(32)33)18-7-6-17(28)11-22(18)34-27(2,3)4/h5-11,13H,12H2,1-4H3,(H,29,31)(H,32,33). The zero-order valence-corrected chi connectivity index (χ0v) is 21.3. The van der Waals surface area contributed by atoms with Gasteiger partial charge in [0.05, 0.1) is 28.4 Å². The Balaban J connectivity index is 1.79. The van der Waals surface area contributed by atoms with Gasteiger partial charge in [-0.25, -0.2) is 4.98 Å². The number of hydrogen-bond donors (Lipinski definition) is 2. The zero-order valence-electron chi connectivity index (χ0n) is 19.8. The molecule has 2 aromatic heterocycles. The maximum atomic E-state index is 11.9. The molecule has 0 radical (unpaired) electrons. The van der Waals surface area contributed by atoms with Gasteiger partial charge in [0, 0.05) is 27.1 Å². The second-order valence-electron chi connectivity index (χ2n) is 9.51. The van der Waals surface area contributed by atoms with Gasteiger partial charge < -0.3 is 9.84 Å². The van der Waals surface area contributed by atoms with Crippen molar-refractivity contribution in [3.8, 4) is 27.4 Å². The zero-order chi connectivity index (χ0) is 24.9. The summed E-state index contributed by atoms with van der Waals surface area (Å²) in [6.45, 7) is 7.84. The van der Waals surface area contributed by atoms with Crippen LogP contribution in [-0.4, -0.2) is 31.9 Å². The molecule has 2 N–H and O–H groups in total. The molecule has 0 aliphatic rings. The van der Waals surface area contributed by atoms with Gasteiger partial charge in [0.2, 0.25) is 0 Å². The van der Waals surface area contributed by atoms with Crippen LogP contribution >= 0.6 is 22.9 Å². The molecule has 0 spiro atoms. The van der Waals surface area contributed by atoms with Gasteiger partial charge in [0.15, 0.2) is 0 Å². The highest BCUT2D eigenvalue weighted by Gasteiger charge is 2.24. The monoisotopic (exact) mass is 505 g/mol. The smallest absolute Gasteiger partial charge is 0.307 e. The number of aromatic nitrogens is 3. The molecule has 178 valence electrons. The highest BCUT2D eigenvalue weighted by Crippen LogP contribution is 2.45. The number of benzene rings is 3. The number of thiazole rings is 1. The molecule has 0 aliphatic heterocycles. The average Bonchev–Trinajstić information content (AvgIpc) is 3.39. The van der Waals surface area contributed by atoms with Gasteiger partial charge in [-0.15, -0.1) is 11.3 Å². The van der Waals surface area contributed by atoms with E-state index in [-0.39, 0.29) is 6.42 Å². The van der Waals surface area contributed by atoms with E-state index < -0.39 is 11.6 Å². The molecule has 6 nitrogen and oxygen atoms in total. The summed E-state index contributed by atoms with van der Waals surface area (Å²) in [6, 6.07) is 13.5. The maximum absolute atomic E-state index is 11.9. The van der Waals surface area contributed by atoms with E-state index in [9.17, 15) is 9.90 Å². The SMILES string of the molecule is Cc1cc2nc(-c3ccc4[nH]ncc4c3)sc2c(-c2ccc(Cl)cc2OC(C)(C)C)c1CC(=O)O. The molecule has 0 amide bonds. The van der Waals surface area contributed by atoms with Gasteiger partial charge in [-0.1, -0.05) is 11.6 Å². The second-order valence-corrected chi connectivity index (χ2v) is 10.9. The van der Waals surface area contributed by atoms with Gasteiger partial charge in [-0.05, 0) is 81.3 Å². The number of carbonyl (C=O) groups is 1. The number of ether oxygens (including phenoxy) is 1. The molecule has 2 heterocycles. The van der Waals surface area contributed by atoms with Crippen LogP contribution in [0.2, 0.25) is 5.02 Å². The van der Waals surface area contributed by atoms with Crippen LogP contribution in [-0.2, 0) is 11.2 Å². The van der Waals surface area contributed by atoms with Crippen molar-refractivity contribution in [3.63, 3.8) is 0 Å². The first-order valence-electron chi connectivity index (χ1n) is 11.2. The Hall–Kier alpha value is -3.42. The Morgan fingerprint density at radius 1 is 1.17 bits per heavy atom. The summed E-state index contributed by atoms with van der Waals surface area (Å²) in [4.78, 5) is 16.8. The molecule has 0 fully saturated rings. The molecule has 35 heavy (non-hydrogen) atoms. The topological polar surface area (TPSA) is 88.1 Å². The van der Waals surface area contributed by atoms with Crippen LogP contribution in [0.5, 0.6) is 5.75 Å². The Kier molecular flexibility index (Phi) is 5.77. The number of aromatic amines is 1. The molecule has 0 aliphatic carbocycles. The predicted molar refractivity (Wildman–Crippen MR) is 142 cm³/mol. The Bertz CT molecular complexity index is 1600. The lowest BCUT2D eigenvalue weighted by Gasteiger charge is -2.24. The number of hydrogen-bond acceptors (Lipinski definition) is 5. The van der Waals surface area contributed by atoms with Crippen molar-refractivity contribution in [1.29, 1.82) is 0 Å². The second kappa shape index (κ2) is 8.66. The molecule has 5 aromatic rings. The fourth-order valence-corrected chi connectivity index (χ4v) is 5.50. The number of rotatable bonds is 5. The van der Waals surface area contributed by atoms with Crippen molar-refractivity contribution in [1.82, 2.24) is 15.2 Å². The summed E-state index contributed by atoms with van der Waals surface area (Å²) < 4.78 is 7.20. The third-order valence-corrected chi connectivity index (χ3v) is 7.03. The number of nitrogens with one attached hydrogen (secondary N) is 1. The summed E-state index contributed by atoms with van der Waals surface area (Å²) in [7, 11) is 0. The first kappa shape index (κ1) is 23.3. The van der Waals surface area contributed by atoms with Crippen molar-refractivity contribution >= 4 is 50.0 Å². The number of fused-ring (bicyclic) bond motifs is 2. The van der Waals surface area contributed by atoms with Crippen LogP contribution in [0.25, 0.3) is 42.8 Å². The molecular weight excluding hydrogens is 482 g/mol. The summed E-state index contributed by atoms with van der Waals surface area (Å²) in [6.07, 6.45) is 1.68. The van der Waals surface area contributed by atoms with E-state index in [1.807, 2.05) is 52.0 Å². The van der Waals surface area contributed by atoms with Crippen molar-refractivity contribution in [2.75, 3.05) is 0 Å². The van der Waals surface area contributed by atoms with Crippen LogP contribution < -0.4 is 4.74 Å². The summed E-state index contributed by atoms with van der Waals surface area (Å²) in [5, 5.41) is 19.2. The lowest BCUT2D eigenvalue weighted by atomic mass is 9.92. The number of nitrogens with zero attached hydrogens (tertiary/aromatic N) is 2. The van der Waals surface area contributed by atoms with Gasteiger partial charge >= 0.3 is 5.97 Å². The van der Waals surface area contributed by atoms with Gasteiger partial charge in [-0.3, -0.25) is 9.89 Å². The normalized spacial score (nSPS) is 11.9. The van der Waals surface area contributed by atoms with Crippen molar-refractivity contribution in [2.45, 2.75) is 39.7 Å². The highest BCUT2D eigenvalue weighted by molar-refractivity contribution is 7.22. The van der Waals surface area contributed by atoms with E-state index in [0.29, 0.717) is 10.8 Å². The molecule has 8 heteroatoms. The molecule has 0 unspecified atom stereocenters.